The summed E-state index contributed by atoms with van der Waals surface area (Å²) in [6.07, 6.45) is 33.7. The summed E-state index contributed by atoms with van der Waals surface area (Å²) < 4.78 is 16.2. The molecule has 3 atom stereocenters. The van der Waals surface area contributed by atoms with Gasteiger partial charge in [0.05, 0.1) is 18.8 Å². The molecule has 0 aliphatic carbocycles. The minimum atomic E-state index is -0.801. The molecule has 236 valence electrons. The Labute approximate surface area is 251 Å². The highest BCUT2D eigenvalue weighted by atomic mass is 16.6. The molecule has 1 N–H and O–H groups in total. The predicted octanol–water partition coefficient (Wildman–Crippen LogP) is 8.71. The molecule has 0 radical (unpaired) electrons. The van der Waals surface area contributed by atoms with Crippen molar-refractivity contribution in [2.24, 2.45) is 0 Å². The molecule has 1 fully saturated rings. The maximum absolute atomic E-state index is 12.1. The summed E-state index contributed by atoms with van der Waals surface area (Å²) in [7, 11) is 0. The molecule has 0 aromatic carbocycles. The Morgan fingerprint density at radius 2 is 1.22 bits per heavy atom. The van der Waals surface area contributed by atoms with Gasteiger partial charge in [0, 0.05) is 12.8 Å². The van der Waals surface area contributed by atoms with Crippen LogP contribution >= 0.6 is 0 Å². The quantitative estimate of drug-likeness (QED) is 0.0434. The van der Waals surface area contributed by atoms with E-state index < -0.39 is 6.10 Å². The van der Waals surface area contributed by atoms with Crippen LogP contribution in [0, 0.1) is 0 Å². The van der Waals surface area contributed by atoms with Crippen LogP contribution in [0.5, 0.6) is 0 Å². The number of allylic oxidation sites excluding steroid dienone is 4. The fraction of sp³-hybridized carbons (Fsp3) is 0.771. The molecule has 0 amide bonds. The van der Waals surface area contributed by atoms with E-state index in [1.165, 1.54) is 64.2 Å². The lowest BCUT2D eigenvalue weighted by Gasteiger charge is -2.15. The molecule has 41 heavy (non-hydrogen) atoms. The van der Waals surface area contributed by atoms with Gasteiger partial charge in [-0.25, -0.2) is 0 Å². The zero-order chi connectivity index (χ0) is 29.8. The summed E-state index contributed by atoms with van der Waals surface area (Å²) in [5.74, 6) is -0.670. The van der Waals surface area contributed by atoms with E-state index in [0.717, 1.165) is 44.9 Å². The molecular formula is C35H60O6. The second-order valence-corrected chi connectivity index (χ2v) is 11.3. The van der Waals surface area contributed by atoms with Gasteiger partial charge >= 0.3 is 11.9 Å². The maximum atomic E-state index is 12.1. The van der Waals surface area contributed by atoms with Gasteiger partial charge in [0.1, 0.15) is 6.61 Å². The van der Waals surface area contributed by atoms with Crippen LogP contribution < -0.4 is 0 Å². The number of rotatable bonds is 28. The molecule has 2 unspecified atom stereocenters. The summed E-state index contributed by atoms with van der Waals surface area (Å²) in [6, 6.07) is 0. The van der Waals surface area contributed by atoms with Gasteiger partial charge in [-0.05, 0) is 51.4 Å². The van der Waals surface area contributed by atoms with E-state index in [4.69, 9.17) is 14.2 Å². The Morgan fingerprint density at radius 1 is 0.683 bits per heavy atom. The van der Waals surface area contributed by atoms with Crippen LogP contribution in [0.1, 0.15) is 142 Å². The SMILES string of the molecule is CCCCC/C=C\C/C=C\CC1OC1C/C=C\CCCC(=O)O[C@@H](CO)COC(=O)CCCCCCCCCCC. The highest BCUT2D eigenvalue weighted by Crippen LogP contribution is 2.29. The van der Waals surface area contributed by atoms with Crippen LogP contribution in [-0.2, 0) is 23.8 Å². The number of aliphatic hydroxyl groups excluding tert-OH is 1. The number of unbranched alkanes of at least 4 members (excludes halogenated alkanes) is 12. The van der Waals surface area contributed by atoms with Gasteiger partial charge in [-0.2, -0.15) is 0 Å². The van der Waals surface area contributed by atoms with Crippen molar-refractivity contribution in [3.05, 3.63) is 36.5 Å². The molecule has 0 saturated carbocycles. The summed E-state index contributed by atoms with van der Waals surface area (Å²) in [6.45, 7) is 4.01. The second kappa shape index (κ2) is 26.9. The number of carbonyl (C=O) groups is 2. The Kier molecular flexibility index (Phi) is 24.4. The summed E-state index contributed by atoms with van der Waals surface area (Å²) in [5, 5.41) is 9.49. The van der Waals surface area contributed by atoms with Crippen LogP contribution in [0.25, 0.3) is 0 Å². The van der Waals surface area contributed by atoms with Gasteiger partial charge < -0.3 is 19.3 Å². The molecule has 6 nitrogen and oxygen atoms in total. The van der Waals surface area contributed by atoms with Crippen molar-refractivity contribution >= 4 is 11.9 Å². The second-order valence-electron chi connectivity index (χ2n) is 11.3. The van der Waals surface area contributed by atoms with Crippen LogP contribution in [0.15, 0.2) is 36.5 Å². The van der Waals surface area contributed by atoms with Gasteiger partial charge in [0.25, 0.3) is 0 Å². The van der Waals surface area contributed by atoms with E-state index in [-0.39, 0.29) is 31.6 Å². The van der Waals surface area contributed by atoms with E-state index >= 15 is 0 Å². The molecule has 0 aromatic heterocycles. The Bertz CT molecular complexity index is 728. The number of hydrogen-bond acceptors (Lipinski definition) is 6. The summed E-state index contributed by atoms with van der Waals surface area (Å²) >= 11 is 0. The monoisotopic (exact) mass is 576 g/mol. The standard InChI is InChI=1S/C35H60O6/c1-3-5-7-9-11-13-15-17-21-25-32-33(41-32)26-22-19-20-24-28-35(38)40-31(29-36)30-39-34(37)27-23-18-16-14-12-10-8-6-4-2/h11,13,17,19,21-22,31-33,36H,3-10,12,14-16,18,20,23-30H2,1-2H3/b13-11-,21-17-,22-19-/t31-,32?,33?/m0/s1. The van der Waals surface area contributed by atoms with E-state index in [1.807, 2.05) is 0 Å². The van der Waals surface area contributed by atoms with Crippen LogP contribution in [0.2, 0.25) is 0 Å². The third-order valence-corrected chi connectivity index (χ3v) is 7.34. The summed E-state index contributed by atoms with van der Waals surface area (Å²) in [4.78, 5) is 24.1. The van der Waals surface area contributed by atoms with Crippen molar-refractivity contribution in [3.63, 3.8) is 0 Å². The molecule has 1 saturated heterocycles. The number of aliphatic hydroxyl groups is 1. The topological polar surface area (TPSA) is 85.4 Å². The van der Waals surface area contributed by atoms with Gasteiger partial charge in [-0.15, -0.1) is 0 Å². The Hall–Kier alpha value is -1.92. The normalized spacial score (nSPS) is 17.5. The van der Waals surface area contributed by atoms with Crippen molar-refractivity contribution in [2.45, 2.75) is 161 Å². The molecular weight excluding hydrogens is 516 g/mol. The summed E-state index contributed by atoms with van der Waals surface area (Å²) in [5.41, 5.74) is 0. The largest absolute Gasteiger partial charge is 0.462 e. The van der Waals surface area contributed by atoms with E-state index in [1.54, 1.807) is 0 Å². The molecule has 6 heteroatoms. The van der Waals surface area contributed by atoms with E-state index in [9.17, 15) is 14.7 Å². The molecule has 1 heterocycles. The lowest BCUT2D eigenvalue weighted by Crippen LogP contribution is -2.28. The Balaban J connectivity index is 1.99. The van der Waals surface area contributed by atoms with Crippen LogP contribution in [0.4, 0.5) is 0 Å². The first-order chi connectivity index (χ1) is 20.1. The van der Waals surface area contributed by atoms with Gasteiger partial charge in [0.15, 0.2) is 6.10 Å². The highest BCUT2D eigenvalue weighted by molar-refractivity contribution is 5.70. The average Bonchev–Trinajstić information content (AvgIpc) is 3.73. The zero-order valence-corrected chi connectivity index (χ0v) is 26.2. The number of esters is 2. The first-order valence-corrected chi connectivity index (χ1v) is 16.7. The van der Waals surface area contributed by atoms with Gasteiger partial charge in [-0.3, -0.25) is 9.59 Å². The van der Waals surface area contributed by atoms with Crippen LogP contribution in [-0.4, -0.2) is 48.6 Å². The van der Waals surface area contributed by atoms with Crippen LogP contribution in [0.3, 0.4) is 0 Å². The van der Waals surface area contributed by atoms with E-state index in [0.29, 0.717) is 25.0 Å². The van der Waals surface area contributed by atoms with Crippen molar-refractivity contribution < 1.29 is 28.9 Å². The smallest absolute Gasteiger partial charge is 0.306 e. The number of ether oxygens (including phenoxy) is 3. The van der Waals surface area contributed by atoms with Gasteiger partial charge in [0.2, 0.25) is 0 Å². The lowest BCUT2D eigenvalue weighted by atomic mass is 10.1. The highest BCUT2D eigenvalue weighted by Gasteiger charge is 2.35. The van der Waals surface area contributed by atoms with E-state index in [2.05, 4.69) is 50.3 Å². The molecule has 1 aliphatic rings. The molecule has 0 spiro atoms. The van der Waals surface area contributed by atoms with Gasteiger partial charge in [-0.1, -0.05) is 115 Å². The first-order valence-electron chi connectivity index (χ1n) is 16.7. The average molecular weight is 577 g/mol. The molecule has 1 rings (SSSR count). The first kappa shape index (κ1) is 37.1. The number of hydrogen-bond donors (Lipinski definition) is 1. The van der Waals surface area contributed by atoms with Crippen molar-refractivity contribution in [3.8, 4) is 0 Å². The number of carbonyl (C=O) groups excluding carboxylic acids is 2. The Morgan fingerprint density at radius 3 is 1.90 bits per heavy atom. The predicted molar refractivity (Wildman–Crippen MR) is 168 cm³/mol. The maximum Gasteiger partial charge on any atom is 0.306 e. The fourth-order valence-corrected chi connectivity index (χ4v) is 4.64. The number of epoxide rings is 1. The molecule has 0 aromatic rings. The minimum absolute atomic E-state index is 0.0914. The molecule has 0 bridgehead atoms. The van der Waals surface area contributed by atoms with Crippen molar-refractivity contribution in [1.82, 2.24) is 0 Å². The van der Waals surface area contributed by atoms with Crippen molar-refractivity contribution in [2.75, 3.05) is 13.2 Å². The molecule has 1 aliphatic heterocycles. The fourth-order valence-electron chi connectivity index (χ4n) is 4.64. The lowest BCUT2D eigenvalue weighted by molar-refractivity contribution is -0.161. The third-order valence-electron chi connectivity index (χ3n) is 7.34. The zero-order valence-electron chi connectivity index (χ0n) is 26.2. The van der Waals surface area contributed by atoms with Crippen molar-refractivity contribution in [1.29, 1.82) is 0 Å². The minimum Gasteiger partial charge on any atom is -0.462 e. The third kappa shape index (κ3) is 23.3.